The summed E-state index contributed by atoms with van der Waals surface area (Å²) < 4.78 is 48.0. The summed E-state index contributed by atoms with van der Waals surface area (Å²) in [4.78, 5) is 24.3. The van der Waals surface area contributed by atoms with Crippen LogP contribution in [0.5, 0.6) is 0 Å². The molecule has 11 heteroatoms. The van der Waals surface area contributed by atoms with Gasteiger partial charge in [-0.3, -0.25) is 4.98 Å². The molecule has 9 nitrogen and oxygen atoms in total. The third-order valence-corrected chi connectivity index (χ3v) is 9.07. The first-order valence-electron chi connectivity index (χ1n) is 13.8. The van der Waals surface area contributed by atoms with Gasteiger partial charge in [-0.25, -0.2) is 26.6 Å². The van der Waals surface area contributed by atoms with Crippen molar-refractivity contribution >= 4 is 32.8 Å². The van der Waals surface area contributed by atoms with Gasteiger partial charge in [0.05, 0.1) is 29.3 Å². The van der Waals surface area contributed by atoms with Crippen LogP contribution >= 0.6 is 0 Å². The monoisotopic (exact) mass is 579 g/mol. The van der Waals surface area contributed by atoms with E-state index in [-0.39, 0.29) is 40.2 Å². The second-order valence-corrected chi connectivity index (χ2v) is 12.3. The molecule has 1 saturated heterocycles. The number of ether oxygens (including phenoxy) is 1. The molecule has 0 saturated carbocycles. The highest BCUT2D eigenvalue weighted by Crippen LogP contribution is 2.38. The van der Waals surface area contributed by atoms with Gasteiger partial charge in [0.1, 0.15) is 22.7 Å². The van der Waals surface area contributed by atoms with Crippen molar-refractivity contribution in [2.24, 2.45) is 5.73 Å². The number of rotatable bonds is 9. The van der Waals surface area contributed by atoms with Crippen LogP contribution in [0.1, 0.15) is 66.3 Å². The Morgan fingerprint density at radius 3 is 2.68 bits per heavy atom. The molecule has 1 aliphatic rings. The normalized spacial score (nSPS) is 16.3. The Hall–Kier alpha value is -3.83. The van der Waals surface area contributed by atoms with Gasteiger partial charge in [0.25, 0.3) is 10.0 Å². The van der Waals surface area contributed by atoms with Crippen LogP contribution in [0.2, 0.25) is 0 Å². The quantitative estimate of drug-likeness (QED) is 0.278. The molecule has 5 rings (SSSR count). The number of hydrogen-bond donors (Lipinski definition) is 1. The molecule has 0 unspecified atom stereocenters. The van der Waals surface area contributed by atoms with E-state index in [1.807, 2.05) is 13.8 Å². The van der Waals surface area contributed by atoms with Crippen LogP contribution in [0.15, 0.2) is 59.8 Å². The molecule has 0 radical (unpaired) electrons. The van der Waals surface area contributed by atoms with Gasteiger partial charge in [-0.1, -0.05) is 17.7 Å². The molecule has 0 spiro atoms. The van der Waals surface area contributed by atoms with E-state index in [1.54, 1.807) is 31.2 Å². The second-order valence-electron chi connectivity index (χ2n) is 10.5. The summed E-state index contributed by atoms with van der Waals surface area (Å²) in [5.41, 5.74) is 9.02. The smallest absolute Gasteiger partial charge is 0.341 e. The molecule has 0 amide bonds. The number of carbonyl (C=O) groups excluding carboxylic acids is 1. The van der Waals surface area contributed by atoms with E-state index in [1.165, 1.54) is 30.6 Å². The SMILES string of the molecule is CCOC(=O)c1cn(S(=O)(=O)c2ccc(C)cc2)c2ccc(N3CCC[C@@H]3c3cc(F)cnc3CC[C@@H](C)N)nc12. The lowest BCUT2D eigenvalue weighted by Crippen LogP contribution is -2.25. The van der Waals surface area contributed by atoms with Gasteiger partial charge < -0.3 is 15.4 Å². The summed E-state index contributed by atoms with van der Waals surface area (Å²) in [6.07, 6.45) is 5.46. The van der Waals surface area contributed by atoms with E-state index >= 15 is 0 Å². The van der Waals surface area contributed by atoms with Crippen LogP contribution in [-0.4, -0.2) is 47.5 Å². The fourth-order valence-corrected chi connectivity index (χ4v) is 6.67. The molecule has 0 aliphatic carbocycles. The number of carbonyl (C=O) groups is 1. The number of anilines is 1. The van der Waals surface area contributed by atoms with E-state index in [0.29, 0.717) is 25.2 Å². The predicted octanol–water partition coefficient (Wildman–Crippen LogP) is 4.91. The molecule has 4 aromatic rings. The topological polar surface area (TPSA) is 120 Å². The molecule has 41 heavy (non-hydrogen) atoms. The zero-order valence-corrected chi connectivity index (χ0v) is 24.2. The molecule has 2 N–H and O–H groups in total. The van der Waals surface area contributed by atoms with Crippen molar-refractivity contribution < 1.29 is 22.3 Å². The van der Waals surface area contributed by atoms with Gasteiger partial charge in [-0.05, 0) is 82.3 Å². The Balaban J connectivity index is 1.60. The molecule has 1 aliphatic heterocycles. The zero-order valence-electron chi connectivity index (χ0n) is 23.4. The van der Waals surface area contributed by atoms with E-state index in [0.717, 1.165) is 33.6 Å². The third-order valence-electron chi connectivity index (χ3n) is 7.38. The van der Waals surface area contributed by atoms with Crippen LogP contribution in [0.4, 0.5) is 10.2 Å². The van der Waals surface area contributed by atoms with Gasteiger partial charge in [0.15, 0.2) is 0 Å². The third kappa shape index (κ3) is 5.69. The largest absolute Gasteiger partial charge is 0.462 e. The van der Waals surface area contributed by atoms with E-state index in [9.17, 15) is 17.6 Å². The summed E-state index contributed by atoms with van der Waals surface area (Å²) >= 11 is 0. The molecule has 4 heterocycles. The number of aryl methyl sites for hydroxylation is 2. The minimum Gasteiger partial charge on any atom is -0.462 e. The molecule has 1 fully saturated rings. The van der Waals surface area contributed by atoms with E-state index < -0.39 is 21.8 Å². The van der Waals surface area contributed by atoms with Gasteiger partial charge in [-0.15, -0.1) is 0 Å². The Morgan fingerprint density at radius 1 is 1.22 bits per heavy atom. The Bertz CT molecular complexity index is 1690. The van der Waals surface area contributed by atoms with Crippen LogP contribution in [0.3, 0.4) is 0 Å². The summed E-state index contributed by atoms with van der Waals surface area (Å²) in [6.45, 7) is 6.27. The van der Waals surface area contributed by atoms with Gasteiger partial charge in [-0.2, -0.15) is 0 Å². The van der Waals surface area contributed by atoms with Crippen molar-refractivity contribution in [2.45, 2.75) is 63.4 Å². The first-order valence-corrected chi connectivity index (χ1v) is 15.2. The minimum absolute atomic E-state index is 0.0139. The minimum atomic E-state index is -4.02. The highest BCUT2D eigenvalue weighted by atomic mass is 32.2. The molecule has 1 aromatic carbocycles. The number of nitrogens with two attached hydrogens (primary N) is 1. The van der Waals surface area contributed by atoms with Crippen molar-refractivity contribution in [2.75, 3.05) is 18.1 Å². The fourth-order valence-electron chi connectivity index (χ4n) is 5.32. The zero-order chi connectivity index (χ0) is 29.3. The van der Waals surface area contributed by atoms with Crippen molar-refractivity contribution in [3.8, 4) is 0 Å². The van der Waals surface area contributed by atoms with Crippen molar-refractivity contribution in [1.82, 2.24) is 13.9 Å². The molecule has 0 bridgehead atoms. The number of hydrogen-bond acceptors (Lipinski definition) is 8. The highest BCUT2D eigenvalue weighted by Gasteiger charge is 2.32. The average molecular weight is 580 g/mol. The lowest BCUT2D eigenvalue weighted by Gasteiger charge is -2.27. The van der Waals surface area contributed by atoms with Crippen LogP contribution < -0.4 is 10.6 Å². The number of aromatic nitrogens is 3. The maximum atomic E-state index is 14.4. The Morgan fingerprint density at radius 2 is 1.98 bits per heavy atom. The van der Waals surface area contributed by atoms with Crippen LogP contribution in [0, 0.1) is 12.7 Å². The number of esters is 1. The summed E-state index contributed by atoms with van der Waals surface area (Å²) in [5, 5.41) is 0. The molecule has 2 atom stereocenters. The van der Waals surface area contributed by atoms with Crippen molar-refractivity contribution in [3.05, 3.63) is 83.1 Å². The van der Waals surface area contributed by atoms with E-state index in [2.05, 4.69) is 9.88 Å². The molecule has 216 valence electrons. The molecule has 3 aromatic heterocycles. The Labute approximate surface area is 239 Å². The lowest BCUT2D eigenvalue weighted by atomic mass is 9.98. The maximum Gasteiger partial charge on any atom is 0.341 e. The molecular formula is C30H34FN5O4S. The number of fused-ring (bicyclic) bond motifs is 1. The predicted molar refractivity (Wildman–Crippen MR) is 155 cm³/mol. The fraction of sp³-hybridized carbons (Fsp3) is 0.367. The van der Waals surface area contributed by atoms with Gasteiger partial charge >= 0.3 is 5.97 Å². The number of nitrogens with zero attached hydrogens (tertiary/aromatic N) is 4. The number of benzene rings is 1. The van der Waals surface area contributed by atoms with Crippen LogP contribution in [0.25, 0.3) is 11.0 Å². The van der Waals surface area contributed by atoms with Gasteiger partial charge in [0.2, 0.25) is 0 Å². The average Bonchev–Trinajstić information content (AvgIpc) is 3.58. The van der Waals surface area contributed by atoms with Crippen molar-refractivity contribution in [3.63, 3.8) is 0 Å². The first-order chi connectivity index (χ1) is 19.6. The summed E-state index contributed by atoms with van der Waals surface area (Å²) in [5.74, 6) is -0.522. The molecular weight excluding hydrogens is 545 g/mol. The van der Waals surface area contributed by atoms with Gasteiger partial charge in [0, 0.05) is 24.5 Å². The summed E-state index contributed by atoms with van der Waals surface area (Å²) in [7, 11) is -4.02. The number of halogens is 1. The van der Waals surface area contributed by atoms with E-state index in [4.69, 9.17) is 15.5 Å². The van der Waals surface area contributed by atoms with Crippen molar-refractivity contribution in [1.29, 1.82) is 0 Å². The highest BCUT2D eigenvalue weighted by molar-refractivity contribution is 7.90. The van der Waals surface area contributed by atoms with Crippen LogP contribution in [-0.2, 0) is 21.2 Å². The Kier molecular flexibility index (Phi) is 8.10. The standard InChI is InChI=1S/C30H34FN5O4S/c1-4-40-30(37)24-18-36(41(38,39)22-10-7-19(2)8-11-22)27-13-14-28(34-29(24)27)35-15-5-6-26(35)23-16-21(31)17-33-25(23)12-9-20(3)32/h7-8,10-11,13-14,16-18,20,26H,4-6,9,12,15,32H2,1-3H3/t20-,26-/m1/s1. The summed E-state index contributed by atoms with van der Waals surface area (Å²) in [6, 6.07) is 11.2. The second kappa shape index (κ2) is 11.6. The number of pyridine rings is 2. The first kappa shape index (κ1) is 28.7. The maximum absolute atomic E-state index is 14.4. The lowest BCUT2D eigenvalue weighted by molar-refractivity contribution is 0.0528.